The molecule has 0 saturated carbocycles. The van der Waals surface area contributed by atoms with Gasteiger partial charge < -0.3 is 9.52 Å². The van der Waals surface area contributed by atoms with Crippen LogP contribution in [0.1, 0.15) is 55.0 Å². The van der Waals surface area contributed by atoms with Crippen molar-refractivity contribution < 1.29 is 22.7 Å². The number of aromatic carboxylic acids is 1. The first kappa shape index (κ1) is 16.0. The smallest absolute Gasteiger partial charge is 0.340 e. The van der Waals surface area contributed by atoms with Crippen LogP contribution < -0.4 is 0 Å². The van der Waals surface area contributed by atoms with Gasteiger partial charge in [-0.2, -0.15) is 4.31 Å². The summed E-state index contributed by atoms with van der Waals surface area (Å²) in [6.07, 6.45) is 2.30. The van der Waals surface area contributed by atoms with Gasteiger partial charge in [-0.15, -0.1) is 0 Å². The molecule has 1 fully saturated rings. The average Bonchev–Trinajstić information content (AvgIpc) is 2.89. The second-order valence-electron chi connectivity index (χ2n) is 5.55. The summed E-state index contributed by atoms with van der Waals surface area (Å²) in [5, 5.41) is 9.31. The van der Waals surface area contributed by atoms with E-state index in [1.807, 2.05) is 13.8 Å². The molecular weight excluding hydrogens is 294 g/mol. The van der Waals surface area contributed by atoms with Crippen LogP contribution in [0.25, 0.3) is 0 Å². The number of hydrogen-bond acceptors (Lipinski definition) is 4. The molecule has 6 nitrogen and oxygen atoms in total. The van der Waals surface area contributed by atoms with Gasteiger partial charge in [0.05, 0.1) is 0 Å². The van der Waals surface area contributed by atoms with E-state index >= 15 is 0 Å². The minimum Gasteiger partial charge on any atom is -0.478 e. The summed E-state index contributed by atoms with van der Waals surface area (Å²) in [5.41, 5.74) is -0.249. The van der Waals surface area contributed by atoms with Crippen molar-refractivity contribution in [1.82, 2.24) is 4.31 Å². The Hall–Kier alpha value is -1.34. The highest BCUT2D eigenvalue weighted by Crippen LogP contribution is 2.36. The lowest BCUT2D eigenvalue weighted by Crippen LogP contribution is -2.40. The number of carboxylic acid groups (broad SMARTS) is 1. The van der Waals surface area contributed by atoms with E-state index in [2.05, 4.69) is 0 Å². The van der Waals surface area contributed by atoms with Gasteiger partial charge in [-0.25, -0.2) is 13.2 Å². The Kier molecular flexibility index (Phi) is 4.17. The molecule has 1 aliphatic heterocycles. The first-order valence-electron chi connectivity index (χ1n) is 7.08. The fourth-order valence-corrected chi connectivity index (χ4v) is 5.52. The second-order valence-corrected chi connectivity index (χ2v) is 7.33. The summed E-state index contributed by atoms with van der Waals surface area (Å²) in [5.74, 6) is -1.01. The van der Waals surface area contributed by atoms with E-state index in [9.17, 15) is 18.3 Å². The van der Waals surface area contributed by atoms with Gasteiger partial charge in [-0.05, 0) is 40.0 Å². The molecular formula is C14H21NO5S. The highest BCUT2D eigenvalue weighted by atomic mass is 32.2. The quantitative estimate of drug-likeness (QED) is 0.922. The van der Waals surface area contributed by atoms with Gasteiger partial charge in [-0.1, -0.05) is 6.92 Å². The highest BCUT2D eigenvalue weighted by Gasteiger charge is 2.43. The fraction of sp³-hybridized carbons (Fsp3) is 0.643. The molecule has 1 N–H and O–H groups in total. The van der Waals surface area contributed by atoms with E-state index in [1.165, 1.54) is 18.2 Å². The molecule has 0 aliphatic carbocycles. The maximum Gasteiger partial charge on any atom is 0.340 e. The molecule has 0 amide bonds. The topological polar surface area (TPSA) is 87.8 Å². The van der Waals surface area contributed by atoms with Crippen molar-refractivity contribution in [3.05, 3.63) is 17.1 Å². The van der Waals surface area contributed by atoms with Crippen LogP contribution in [-0.2, 0) is 10.0 Å². The normalized spacial score (nSPS) is 23.6. The van der Waals surface area contributed by atoms with E-state index in [0.29, 0.717) is 6.42 Å². The van der Waals surface area contributed by atoms with Crippen molar-refractivity contribution in [1.29, 1.82) is 0 Å². The monoisotopic (exact) mass is 315 g/mol. The largest absolute Gasteiger partial charge is 0.478 e. The van der Waals surface area contributed by atoms with Gasteiger partial charge in [0.15, 0.2) is 0 Å². The molecule has 1 saturated heterocycles. The highest BCUT2D eigenvalue weighted by molar-refractivity contribution is 7.89. The molecule has 0 bridgehead atoms. The molecule has 0 aromatic carbocycles. The van der Waals surface area contributed by atoms with Crippen LogP contribution >= 0.6 is 0 Å². The number of hydrogen-bond donors (Lipinski definition) is 1. The van der Waals surface area contributed by atoms with E-state index < -0.39 is 16.0 Å². The average molecular weight is 315 g/mol. The Balaban J connectivity index is 2.62. The van der Waals surface area contributed by atoms with Gasteiger partial charge in [0.2, 0.25) is 10.0 Å². The zero-order chi connectivity index (χ0) is 15.9. The number of carboxylic acids is 1. The summed E-state index contributed by atoms with van der Waals surface area (Å²) < 4.78 is 32.7. The number of aryl methyl sites for hydroxylation is 2. The van der Waals surface area contributed by atoms with Crippen molar-refractivity contribution in [2.24, 2.45) is 0 Å². The summed E-state index contributed by atoms with van der Waals surface area (Å²) in [4.78, 5) is 11.2. The number of furan rings is 1. The molecule has 2 unspecified atom stereocenters. The molecule has 7 heteroatoms. The number of carbonyl (C=O) groups is 1. The van der Waals surface area contributed by atoms with Crippen molar-refractivity contribution in [2.75, 3.05) is 0 Å². The third-order valence-electron chi connectivity index (χ3n) is 4.14. The molecule has 2 heterocycles. The Morgan fingerprint density at radius 3 is 2.48 bits per heavy atom. The van der Waals surface area contributed by atoms with Gasteiger partial charge in [0.25, 0.3) is 0 Å². The van der Waals surface area contributed by atoms with E-state index in [0.717, 1.165) is 12.8 Å². The first-order valence-corrected chi connectivity index (χ1v) is 8.52. The second kappa shape index (κ2) is 5.46. The predicted octanol–water partition coefficient (Wildman–Crippen LogP) is 2.55. The van der Waals surface area contributed by atoms with Gasteiger partial charge in [0, 0.05) is 12.1 Å². The number of rotatable bonds is 4. The third-order valence-corrected chi connectivity index (χ3v) is 6.36. The fourth-order valence-electron chi connectivity index (χ4n) is 3.19. The molecule has 1 aromatic rings. The Bertz CT molecular complexity index is 661. The molecule has 21 heavy (non-hydrogen) atoms. The number of nitrogens with zero attached hydrogens (tertiary/aromatic N) is 1. The van der Waals surface area contributed by atoms with Crippen LogP contribution in [0.3, 0.4) is 0 Å². The van der Waals surface area contributed by atoms with Crippen LogP contribution in [0, 0.1) is 13.8 Å². The Morgan fingerprint density at radius 1 is 1.33 bits per heavy atom. The Morgan fingerprint density at radius 2 is 1.95 bits per heavy atom. The standard InChI is InChI=1S/C14H21NO5S/c1-5-11-7-6-8(2)15(11)21(18,19)13-10(4)20-9(3)12(13)14(16)17/h8,11H,5-7H2,1-4H3,(H,16,17). The minimum absolute atomic E-state index is 0.0822. The van der Waals surface area contributed by atoms with Crippen LogP contribution in [0.15, 0.2) is 9.31 Å². The molecule has 0 spiro atoms. The van der Waals surface area contributed by atoms with Gasteiger partial charge in [0.1, 0.15) is 22.0 Å². The SMILES string of the molecule is CCC1CCC(C)N1S(=O)(=O)c1c(C)oc(C)c1C(=O)O. The summed E-state index contributed by atoms with van der Waals surface area (Å²) in [7, 11) is -3.88. The van der Waals surface area contributed by atoms with Crippen LogP contribution in [-0.4, -0.2) is 35.9 Å². The first-order chi connectivity index (χ1) is 9.71. The van der Waals surface area contributed by atoms with Crippen LogP contribution in [0.2, 0.25) is 0 Å². The number of sulfonamides is 1. The molecule has 1 aromatic heterocycles. The minimum atomic E-state index is -3.88. The Labute approximate surface area is 124 Å². The van der Waals surface area contributed by atoms with Crippen molar-refractivity contribution in [3.63, 3.8) is 0 Å². The van der Waals surface area contributed by atoms with Crippen molar-refractivity contribution >= 4 is 16.0 Å². The zero-order valence-corrected chi connectivity index (χ0v) is 13.5. The van der Waals surface area contributed by atoms with E-state index in [1.54, 1.807) is 0 Å². The van der Waals surface area contributed by atoms with Gasteiger partial charge in [-0.3, -0.25) is 0 Å². The van der Waals surface area contributed by atoms with E-state index in [4.69, 9.17) is 4.42 Å². The molecule has 1 aliphatic rings. The lowest BCUT2D eigenvalue weighted by atomic mass is 10.2. The summed E-state index contributed by atoms with van der Waals surface area (Å²) in [6.45, 7) is 6.76. The lowest BCUT2D eigenvalue weighted by Gasteiger charge is -2.27. The van der Waals surface area contributed by atoms with Crippen molar-refractivity contribution in [2.45, 2.75) is 63.9 Å². The summed E-state index contributed by atoms with van der Waals surface area (Å²) in [6, 6.07) is -0.211. The predicted molar refractivity (Wildman–Crippen MR) is 76.9 cm³/mol. The maximum atomic E-state index is 13.0. The molecule has 2 rings (SSSR count). The van der Waals surface area contributed by atoms with Gasteiger partial charge >= 0.3 is 5.97 Å². The van der Waals surface area contributed by atoms with Crippen LogP contribution in [0.4, 0.5) is 0 Å². The molecule has 118 valence electrons. The maximum absolute atomic E-state index is 13.0. The summed E-state index contributed by atoms with van der Waals surface area (Å²) >= 11 is 0. The molecule has 2 atom stereocenters. The molecule has 0 radical (unpaired) electrons. The van der Waals surface area contributed by atoms with E-state index in [-0.39, 0.29) is 34.1 Å². The third kappa shape index (κ3) is 2.48. The van der Waals surface area contributed by atoms with Crippen molar-refractivity contribution in [3.8, 4) is 0 Å². The zero-order valence-electron chi connectivity index (χ0n) is 12.7. The lowest BCUT2D eigenvalue weighted by molar-refractivity contribution is 0.0691. The van der Waals surface area contributed by atoms with Crippen LogP contribution in [0.5, 0.6) is 0 Å².